The normalized spacial score (nSPS) is 17.1. The number of aromatic nitrogens is 2. The minimum Gasteiger partial charge on any atom is -0.367 e. The Kier molecular flexibility index (Phi) is 8.66. The Bertz CT molecular complexity index is 1700. The lowest BCUT2D eigenvalue weighted by Gasteiger charge is -2.30. The third-order valence-corrected chi connectivity index (χ3v) is 7.92. The van der Waals surface area contributed by atoms with E-state index in [1.165, 1.54) is 24.5 Å². The lowest BCUT2D eigenvalue weighted by Crippen LogP contribution is -2.29. The zero-order valence-corrected chi connectivity index (χ0v) is 23.1. The molecule has 0 unspecified atom stereocenters. The first kappa shape index (κ1) is 29.4. The van der Waals surface area contributed by atoms with E-state index in [9.17, 15) is 26.4 Å². The number of amides is 1. The van der Waals surface area contributed by atoms with Gasteiger partial charge in [0.15, 0.2) is 0 Å². The van der Waals surface area contributed by atoms with Gasteiger partial charge < -0.3 is 10.1 Å². The molecule has 2 aromatic carbocycles. The summed E-state index contributed by atoms with van der Waals surface area (Å²) in [4.78, 5) is 21.1. The largest absolute Gasteiger partial charge is 0.367 e. The molecule has 1 radical (unpaired) electrons. The first-order valence-corrected chi connectivity index (χ1v) is 14.3. The number of anilines is 1. The highest BCUT2D eigenvalue weighted by Crippen LogP contribution is 2.35. The van der Waals surface area contributed by atoms with Crippen LogP contribution in [0.15, 0.2) is 78.0 Å². The topological polar surface area (TPSA) is 107 Å². The maximum atomic E-state index is 14.5. The molecule has 5 rings (SSSR count). The molecule has 0 spiro atoms. The van der Waals surface area contributed by atoms with E-state index in [4.69, 9.17) is 8.92 Å². The molecule has 3 heterocycles. The fourth-order valence-electron chi connectivity index (χ4n) is 4.48. The van der Waals surface area contributed by atoms with Crippen molar-refractivity contribution in [2.75, 3.05) is 11.9 Å². The van der Waals surface area contributed by atoms with Gasteiger partial charge in [-0.2, -0.15) is 8.42 Å². The number of hydrogen-bond donors (Lipinski definition) is 1. The lowest BCUT2D eigenvalue weighted by atomic mass is 9.98. The Hall–Kier alpha value is -4.13. The Morgan fingerprint density at radius 2 is 1.76 bits per heavy atom. The molecule has 1 N–H and O–H groups in total. The molecular formula is C30H25F3N3O5S. The van der Waals surface area contributed by atoms with E-state index >= 15 is 0 Å². The van der Waals surface area contributed by atoms with Crippen LogP contribution in [0.1, 0.15) is 40.6 Å². The van der Waals surface area contributed by atoms with Gasteiger partial charge >= 0.3 is 0 Å². The van der Waals surface area contributed by atoms with Crippen LogP contribution in [-0.2, 0) is 19.0 Å². The highest BCUT2D eigenvalue weighted by atomic mass is 32.2. The van der Waals surface area contributed by atoms with Gasteiger partial charge in [-0.15, -0.1) is 0 Å². The van der Waals surface area contributed by atoms with E-state index in [1.807, 2.05) is 13.3 Å². The smallest absolute Gasteiger partial charge is 0.297 e. The number of benzene rings is 2. The van der Waals surface area contributed by atoms with Crippen LogP contribution in [0.2, 0.25) is 0 Å². The number of carbonyl (C=O) groups excluding carboxylic acids is 1. The second-order valence-corrected chi connectivity index (χ2v) is 11.2. The summed E-state index contributed by atoms with van der Waals surface area (Å²) in [5.74, 6) is -3.81. The molecule has 2 atom stereocenters. The van der Waals surface area contributed by atoms with Crippen molar-refractivity contribution in [1.29, 1.82) is 0 Å². The van der Waals surface area contributed by atoms with E-state index in [1.54, 1.807) is 18.2 Å². The monoisotopic (exact) mass is 596 g/mol. The van der Waals surface area contributed by atoms with Crippen molar-refractivity contribution >= 4 is 21.7 Å². The number of nitrogens with zero attached hydrogens (tertiary/aromatic N) is 2. The fraction of sp³-hybridized carbons (Fsp3) is 0.200. The summed E-state index contributed by atoms with van der Waals surface area (Å²) < 4.78 is 79.6. The van der Waals surface area contributed by atoms with Gasteiger partial charge in [0.1, 0.15) is 28.8 Å². The number of ether oxygens (including phenoxy) is 1. The second-order valence-electron chi connectivity index (χ2n) is 9.57. The average Bonchev–Trinajstić information content (AvgIpc) is 2.97. The van der Waals surface area contributed by atoms with Crippen LogP contribution >= 0.6 is 0 Å². The van der Waals surface area contributed by atoms with Crippen molar-refractivity contribution < 1.29 is 35.3 Å². The summed E-state index contributed by atoms with van der Waals surface area (Å²) in [5, 5.41) is 2.66. The van der Waals surface area contributed by atoms with E-state index in [2.05, 4.69) is 15.3 Å². The first-order chi connectivity index (χ1) is 20.1. The standard InChI is InChI=1S/C30H25F3N3O5S/c1-18-8-10-20(11-9-18)42(38,39)40-17-19-4-2-7-27(41-19)21-14-15-34-16-26(21)36-30(37)25-13-12-24(33)29(35-25)28-22(31)5-3-6-23(28)32/h3-6,8-16,19,27H,2,7,17H2,1H3,(H,36,37)/t19-,27-/m1/s1. The Morgan fingerprint density at radius 1 is 1.02 bits per heavy atom. The highest BCUT2D eigenvalue weighted by Gasteiger charge is 2.29. The van der Waals surface area contributed by atoms with Crippen molar-refractivity contribution in [1.82, 2.24) is 9.97 Å². The Balaban J connectivity index is 1.30. The van der Waals surface area contributed by atoms with E-state index < -0.39 is 56.9 Å². The molecule has 12 heteroatoms. The van der Waals surface area contributed by atoms with Gasteiger partial charge in [0, 0.05) is 11.8 Å². The number of halogens is 3. The summed E-state index contributed by atoms with van der Waals surface area (Å²) in [7, 11) is -3.99. The van der Waals surface area contributed by atoms with Crippen LogP contribution in [0.5, 0.6) is 0 Å². The summed E-state index contributed by atoms with van der Waals surface area (Å²) in [6.07, 6.45) is 4.62. The number of carbonyl (C=O) groups is 1. The van der Waals surface area contributed by atoms with Crippen LogP contribution in [0.25, 0.3) is 11.3 Å². The number of aryl methyl sites for hydroxylation is 1. The van der Waals surface area contributed by atoms with Gasteiger partial charge in [0.05, 0.1) is 41.2 Å². The molecule has 8 nitrogen and oxygen atoms in total. The van der Waals surface area contributed by atoms with Crippen LogP contribution in [0.4, 0.5) is 18.9 Å². The third kappa shape index (κ3) is 6.51. The molecule has 1 aliphatic rings. The molecule has 0 aliphatic carbocycles. The zero-order valence-electron chi connectivity index (χ0n) is 22.3. The van der Waals surface area contributed by atoms with Crippen molar-refractivity contribution in [3.05, 3.63) is 114 Å². The molecule has 1 aliphatic heterocycles. The quantitative estimate of drug-likeness (QED) is 0.251. The Morgan fingerprint density at radius 3 is 2.50 bits per heavy atom. The first-order valence-electron chi connectivity index (χ1n) is 12.9. The van der Waals surface area contributed by atoms with Crippen molar-refractivity contribution in [2.45, 2.75) is 36.9 Å². The highest BCUT2D eigenvalue weighted by molar-refractivity contribution is 7.86. The molecule has 42 heavy (non-hydrogen) atoms. The van der Waals surface area contributed by atoms with Crippen molar-refractivity contribution in [3.8, 4) is 11.3 Å². The maximum Gasteiger partial charge on any atom is 0.297 e. The second kappa shape index (κ2) is 12.4. The summed E-state index contributed by atoms with van der Waals surface area (Å²) in [5.41, 5.74) is 0.131. The molecular weight excluding hydrogens is 571 g/mol. The summed E-state index contributed by atoms with van der Waals surface area (Å²) >= 11 is 0. The zero-order chi connectivity index (χ0) is 29.9. The summed E-state index contributed by atoms with van der Waals surface area (Å²) in [6.45, 7) is 1.60. The van der Waals surface area contributed by atoms with Crippen LogP contribution in [0, 0.1) is 30.8 Å². The lowest BCUT2D eigenvalue weighted by molar-refractivity contribution is -0.0416. The molecule has 0 saturated carbocycles. The number of pyridine rings is 2. The fourth-order valence-corrected chi connectivity index (χ4v) is 5.40. The van der Waals surface area contributed by atoms with Gasteiger partial charge in [-0.1, -0.05) is 23.8 Å². The number of rotatable bonds is 8. The minimum absolute atomic E-state index is 0.0369. The third-order valence-electron chi connectivity index (χ3n) is 6.62. The minimum atomic E-state index is -3.99. The molecule has 2 aromatic heterocycles. The molecule has 1 saturated heterocycles. The molecule has 4 aromatic rings. The SMILES string of the molecule is Cc1ccc(S(=O)(=O)OC[C@H]2[CH]CC[C@H](c3ccncc3NC(=O)c3ccc(F)c(-c4c(F)cccc4F)n3)O2)cc1. The predicted octanol–water partition coefficient (Wildman–Crippen LogP) is 5.95. The molecule has 1 amide bonds. The van der Waals surface area contributed by atoms with Crippen LogP contribution < -0.4 is 5.32 Å². The van der Waals surface area contributed by atoms with Crippen molar-refractivity contribution in [2.24, 2.45) is 0 Å². The van der Waals surface area contributed by atoms with E-state index in [-0.39, 0.29) is 22.9 Å². The van der Waals surface area contributed by atoms with Crippen LogP contribution in [-0.4, -0.2) is 37.0 Å². The molecule has 0 bridgehead atoms. The van der Waals surface area contributed by atoms with Gasteiger partial charge in [-0.05, 0) is 68.7 Å². The predicted molar refractivity (Wildman–Crippen MR) is 147 cm³/mol. The van der Waals surface area contributed by atoms with Gasteiger partial charge in [-0.3, -0.25) is 14.0 Å². The van der Waals surface area contributed by atoms with Crippen LogP contribution in [0.3, 0.4) is 0 Å². The van der Waals surface area contributed by atoms with Gasteiger partial charge in [-0.25, -0.2) is 18.2 Å². The average molecular weight is 597 g/mol. The van der Waals surface area contributed by atoms with E-state index in [0.29, 0.717) is 18.4 Å². The molecule has 1 fully saturated rings. The number of nitrogens with one attached hydrogen (secondary N) is 1. The van der Waals surface area contributed by atoms with Gasteiger partial charge in [0.25, 0.3) is 16.0 Å². The van der Waals surface area contributed by atoms with Crippen molar-refractivity contribution in [3.63, 3.8) is 0 Å². The maximum absolute atomic E-state index is 14.5. The van der Waals surface area contributed by atoms with Gasteiger partial charge in [0.2, 0.25) is 0 Å². The Labute approximate surface area is 240 Å². The molecule has 217 valence electrons. The van der Waals surface area contributed by atoms with E-state index in [0.717, 1.165) is 35.9 Å². The number of hydrogen-bond acceptors (Lipinski definition) is 7. The summed E-state index contributed by atoms with van der Waals surface area (Å²) in [6, 6.07) is 13.0.